The summed E-state index contributed by atoms with van der Waals surface area (Å²) in [6.07, 6.45) is 1.70. The Kier molecular flexibility index (Phi) is 4.09. The van der Waals surface area contributed by atoms with Crippen LogP contribution in [-0.4, -0.2) is 24.5 Å². The largest absolute Gasteiger partial charge is 0.324 e. The van der Waals surface area contributed by atoms with Crippen molar-refractivity contribution in [1.82, 2.24) is 4.90 Å². The van der Waals surface area contributed by atoms with Crippen molar-refractivity contribution in [2.45, 2.75) is 18.9 Å². The van der Waals surface area contributed by atoms with E-state index < -0.39 is 0 Å². The van der Waals surface area contributed by atoms with Gasteiger partial charge in [-0.15, -0.1) is 0 Å². The third-order valence-corrected chi connectivity index (χ3v) is 4.19. The van der Waals surface area contributed by atoms with Crippen molar-refractivity contribution in [2.75, 3.05) is 18.5 Å². The number of urea groups is 1. The van der Waals surface area contributed by atoms with Gasteiger partial charge in [-0.05, 0) is 31.0 Å². The minimum Gasteiger partial charge on any atom is -0.317 e. The van der Waals surface area contributed by atoms with Crippen molar-refractivity contribution < 1.29 is 9.18 Å². The molecule has 3 nitrogen and oxygen atoms in total. The maximum absolute atomic E-state index is 14.1. The number of rotatable bonds is 2. The molecule has 1 aliphatic heterocycles. The molecule has 114 valence electrons. The topological polar surface area (TPSA) is 23.6 Å². The number of hydrogen-bond acceptors (Lipinski definition) is 1. The van der Waals surface area contributed by atoms with E-state index in [-0.39, 0.29) is 17.9 Å². The molecule has 3 rings (SSSR count). The minimum absolute atomic E-state index is 0.0862. The van der Waals surface area contributed by atoms with Gasteiger partial charge in [0, 0.05) is 24.8 Å². The Labute approximate surface area is 130 Å². The number of para-hydroxylation sites is 1. The number of likely N-dealkylation sites (tertiary alicyclic amines) is 1. The van der Waals surface area contributed by atoms with E-state index in [1.54, 1.807) is 29.0 Å². The van der Waals surface area contributed by atoms with Crippen molar-refractivity contribution >= 4 is 11.7 Å². The van der Waals surface area contributed by atoms with Crippen LogP contribution in [0.4, 0.5) is 14.9 Å². The van der Waals surface area contributed by atoms with Gasteiger partial charge in [0.1, 0.15) is 5.82 Å². The summed E-state index contributed by atoms with van der Waals surface area (Å²) in [5.41, 5.74) is 1.45. The first kappa shape index (κ1) is 14.6. The highest BCUT2D eigenvalue weighted by Gasteiger charge is 2.33. The van der Waals surface area contributed by atoms with Crippen LogP contribution < -0.4 is 4.90 Å². The van der Waals surface area contributed by atoms with Crippen LogP contribution in [0.1, 0.15) is 24.4 Å². The van der Waals surface area contributed by atoms with Crippen LogP contribution in [0.15, 0.2) is 54.6 Å². The normalized spacial score (nSPS) is 17.5. The third kappa shape index (κ3) is 2.69. The Morgan fingerprint density at radius 2 is 1.82 bits per heavy atom. The molecule has 0 radical (unpaired) electrons. The zero-order valence-electron chi connectivity index (χ0n) is 12.6. The first-order chi connectivity index (χ1) is 10.7. The molecule has 1 fully saturated rings. The van der Waals surface area contributed by atoms with E-state index >= 15 is 0 Å². The zero-order valence-corrected chi connectivity index (χ0v) is 12.6. The quantitative estimate of drug-likeness (QED) is 0.814. The van der Waals surface area contributed by atoms with E-state index in [9.17, 15) is 9.18 Å². The van der Waals surface area contributed by atoms with E-state index in [2.05, 4.69) is 0 Å². The van der Waals surface area contributed by atoms with Crippen molar-refractivity contribution in [3.05, 3.63) is 66.0 Å². The lowest BCUT2D eigenvalue weighted by molar-refractivity contribution is 0.200. The van der Waals surface area contributed by atoms with Gasteiger partial charge in [-0.2, -0.15) is 0 Å². The second-order valence-corrected chi connectivity index (χ2v) is 5.55. The summed E-state index contributed by atoms with van der Waals surface area (Å²) in [6.45, 7) is 0.662. The Hall–Kier alpha value is -2.36. The van der Waals surface area contributed by atoms with E-state index in [1.807, 2.05) is 36.4 Å². The molecule has 0 bridgehead atoms. The molecule has 1 aliphatic rings. The molecule has 1 heterocycles. The van der Waals surface area contributed by atoms with Crippen LogP contribution in [0.5, 0.6) is 0 Å². The molecule has 0 spiro atoms. The summed E-state index contributed by atoms with van der Waals surface area (Å²) < 4.78 is 14.1. The third-order valence-electron chi connectivity index (χ3n) is 4.19. The molecule has 2 aromatic carbocycles. The molecule has 1 saturated heterocycles. The van der Waals surface area contributed by atoms with Gasteiger partial charge in [-0.25, -0.2) is 9.18 Å². The number of carbonyl (C=O) groups is 1. The minimum atomic E-state index is -0.241. The van der Waals surface area contributed by atoms with Crippen LogP contribution in [-0.2, 0) is 0 Å². The summed E-state index contributed by atoms with van der Waals surface area (Å²) in [6, 6.07) is 16.0. The summed E-state index contributed by atoms with van der Waals surface area (Å²) in [4.78, 5) is 16.2. The van der Waals surface area contributed by atoms with Crippen molar-refractivity contribution in [3.63, 3.8) is 0 Å². The monoisotopic (exact) mass is 298 g/mol. The zero-order chi connectivity index (χ0) is 15.5. The van der Waals surface area contributed by atoms with E-state index in [4.69, 9.17) is 0 Å². The first-order valence-electron chi connectivity index (χ1n) is 7.52. The van der Waals surface area contributed by atoms with Crippen LogP contribution in [0, 0.1) is 5.82 Å². The molecular formula is C18H19FN2O. The number of nitrogens with zero attached hydrogens (tertiary/aromatic N) is 2. The number of benzene rings is 2. The highest BCUT2D eigenvalue weighted by molar-refractivity contribution is 5.91. The fourth-order valence-electron chi connectivity index (χ4n) is 3.02. The lowest BCUT2D eigenvalue weighted by Gasteiger charge is -2.30. The number of anilines is 1. The summed E-state index contributed by atoms with van der Waals surface area (Å²) in [7, 11) is 1.76. The number of hydrogen-bond donors (Lipinski definition) is 0. The predicted octanol–water partition coefficient (Wildman–Crippen LogP) is 4.22. The number of carbonyl (C=O) groups excluding carboxylic acids is 1. The van der Waals surface area contributed by atoms with Gasteiger partial charge in [-0.3, -0.25) is 4.90 Å². The van der Waals surface area contributed by atoms with Crippen LogP contribution in [0.25, 0.3) is 0 Å². The molecule has 2 aromatic rings. The van der Waals surface area contributed by atoms with Crippen LogP contribution in [0.2, 0.25) is 0 Å². The molecule has 2 amide bonds. The molecule has 0 saturated carbocycles. The predicted molar refractivity (Wildman–Crippen MR) is 85.3 cm³/mol. The van der Waals surface area contributed by atoms with Crippen molar-refractivity contribution in [3.8, 4) is 0 Å². The van der Waals surface area contributed by atoms with Gasteiger partial charge in [0.15, 0.2) is 0 Å². The average molecular weight is 298 g/mol. The maximum Gasteiger partial charge on any atom is 0.324 e. The van der Waals surface area contributed by atoms with Gasteiger partial charge in [0.2, 0.25) is 0 Å². The van der Waals surface area contributed by atoms with Crippen LogP contribution in [0.3, 0.4) is 0 Å². The van der Waals surface area contributed by atoms with Gasteiger partial charge in [0.25, 0.3) is 0 Å². The summed E-state index contributed by atoms with van der Waals surface area (Å²) >= 11 is 0. The SMILES string of the molecule is CN(C(=O)N1CCCC1c1ccccc1F)c1ccccc1. The highest BCUT2D eigenvalue weighted by Crippen LogP contribution is 2.34. The van der Waals surface area contributed by atoms with Gasteiger partial charge >= 0.3 is 6.03 Å². The molecule has 1 unspecified atom stereocenters. The Morgan fingerprint density at radius 1 is 1.14 bits per heavy atom. The van der Waals surface area contributed by atoms with Gasteiger partial charge in [0.05, 0.1) is 6.04 Å². The fraction of sp³-hybridized carbons (Fsp3) is 0.278. The number of halogens is 1. The van der Waals surface area contributed by atoms with Gasteiger partial charge in [-0.1, -0.05) is 36.4 Å². The smallest absolute Gasteiger partial charge is 0.317 e. The van der Waals surface area contributed by atoms with E-state index in [0.29, 0.717) is 12.1 Å². The molecule has 0 N–H and O–H groups in total. The molecule has 1 atom stereocenters. The summed E-state index contributed by atoms with van der Waals surface area (Å²) in [5, 5.41) is 0. The lowest BCUT2D eigenvalue weighted by Crippen LogP contribution is -2.41. The highest BCUT2D eigenvalue weighted by atomic mass is 19.1. The molecule has 0 aliphatic carbocycles. The maximum atomic E-state index is 14.1. The lowest BCUT2D eigenvalue weighted by atomic mass is 10.0. The average Bonchev–Trinajstić information content (AvgIpc) is 3.04. The van der Waals surface area contributed by atoms with Gasteiger partial charge < -0.3 is 4.90 Å². The fourth-order valence-corrected chi connectivity index (χ4v) is 3.02. The van der Waals surface area contributed by atoms with E-state index in [0.717, 1.165) is 18.5 Å². The van der Waals surface area contributed by atoms with Crippen molar-refractivity contribution in [2.24, 2.45) is 0 Å². The summed E-state index contributed by atoms with van der Waals surface area (Å²) in [5.74, 6) is -0.241. The van der Waals surface area contributed by atoms with Crippen molar-refractivity contribution in [1.29, 1.82) is 0 Å². The molecule has 22 heavy (non-hydrogen) atoms. The molecular weight excluding hydrogens is 279 g/mol. The molecule has 0 aromatic heterocycles. The van der Waals surface area contributed by atoms with Crippen LogP contribution >= 0.6 is 0 Å². The number of amides is 2. The first-order valence-corrected chi connectivity index (χ1v) is 7.52. The van der Waals surface area contributed by atoms with E-state index in [1.165, 1.54) is 6.07 Å². The molecule has 4 heteroatoms. The second kappa shape index (κ2) is 6.18. The Balaban J connectivity index is 1.84. The Morgan fingerprint density at radius 3 is 2.55 bits per heavy atom. The second-order valence-electron chi connectivity index (χ2n) is 5.55. The standard InChI is InChI=1S/C18H19FN2O/c1-20(14-8-3-2-4-9-14)18(22)21-13-7-12-17(21)15-10-5-6-11-16(15)19/h2-6,8-11,17H,7,12-13H2,1H3. The Bertz CT molecular complexity index is 659.